The van der Waals surface area contributed by atoms with Crippen molar-refractivity contribution in [2.75, 3.05) is 12.5 Å². The number of ether oxygens (including phenoxy) is 1. The molecule has 0 saturated carbocycles. The first-order valence-corrected chi connectivity index (χ1v) is 3.95. The molecule has 0 amide bonds. The maximum absolute atomic E-state index is 5.27. The fraction of sp³-hybridized carbons (Fsp3) is 0.333. The predicted molar refractivity (Wildman–Crippen MR) is 50.2 cm³/mol. The molecule has 0 fully saturated rings. The first kappa shape index (κ1) is 8.87. The average molecular weight is 166 g/mol. The zero-order chi connectivity index (χ0) is 8.97. The van der Waals surface area contributed by atoms with Gasteiger partial charge in [-0.25, -0.2) is 0 Å². The Morgan fingerprint density at radius 3 is 2.75 bits per heavy atom. The quantitative estimate of drug-likeness (QED) is 0.529. The summed E-state index contributed by atoms with van der Waals surface area (Å²) in [5.41, 5.74) is 4.67. The minimum absolute atomic E-state index is 0.910. The molecule has 3 nitrogen and oxygen atoms in total. The molecule has 0 bridgehead atoms. The van der Waals surface area contributed by atoms with Crippen LogP contribution in [0.15, 0.2) is 18.2 Å². The van der Waals surface area contributed by atoms with E-state index >= 15 is 0 Å². The summed E-state index contributed by atoms with van der Waals surface area (Å²) in [5.74, 6) is 6.19. The Kier molecular flexibility index (Phi) is 2.94. The molecule has 0 spiro atoms. The molecule has 1 aromatic rings. The lowest BCUT2D eigenvalue weighted by molar-refractivity contribution is 0.410. The van der Waals surface area contributed by atoms with E-state index in [1.807, 2.05) is 18.2 Å². The molecule has 0 heterocycles. The lowest BCUT2D eigenvalue weighted by Crippen LogP contribution is -2.07. The number of anilines is 1. The van der Waals surface area contributed by atoms with Crippen LogP contribution in [0, 0.1) is 0 Å². The van der Waals surface area contributed by atoms with E-state index in [2.05, 4.69) is 12.3 Å². The highest BCUT2D eigenvalue weighted by Crippen LogP contribution is 2.22. The summed E-state index contributed by atoms with van der Waals surface area (Å²) in [6.45, 7) is 2.08. The molecular weight excluding hydrogens is 152 g/mol. The van der Waals surface area contributed by atoms with Crippen LogP contribution in [0.4, 0.5) is 5.69 Å². The zero-order valence-corrected chi connectivity index (χ0v) is 7.42. The van der Waals surface area contributed by atoms with Crippen molar-refractivity contribution < 1.29 is 4.74 Å². The van der Waals surface area contributed by atoms with E-state index in [9.17, 15) is 0 Å². The van der Waals surface area contributed by atoms with Crippen LogP contribution in [0.2, 0.25) is 0 Å². The summed E-state index contributed by atoms with van der Waals surface area (Å²) >= 11 is 0. The number of hydrogen-bond acceptors (Lipinski definition) is 3. The second-order valence-electron chi connectivity index (χ2n) is 2.52. The molecule has 12 heavy (non-hydrogen) atoms. The van der Waals surface area contributed by atoms with Crippen molar-refractivity contribution in [1.29, 1.82) is 0 Å². The Morgan fingerprint density at radius 2 is 2.25 bits per heavy atom. The van der Waals surface area contributed by atoms with E-state index in [1.165, 1.54) is 0 Å². The molecule has 3 N–H and O–H groups in total. The highest BCUT2D eigenvalue weighted by atomic mass is 16.5. The van der Waals surface area contributed by atoms with Crippen LogP contribution in [0.3, 0.4) is 0 Å². The van der Waals surface area contributed by atoms with Crippen molar-refractivity contribution in [1.82, 2.24) is 0 Å². The van der Waals surface area contributed by atoms with Gasteiger partial charge in [0, 0.05) is 5.69 Å². The third-order valence-corrected chi connectivity index (χ3v) is 1.83. The SMILES string of the molecule is CCc1cc(NN)ccc1OC. The molecule has 0 radical (unpaired) electrons. The molecule has 0 atom stereocenters. The Hall–Kier alpha value is -1.22. The lowest BCUT2D eigenvalue weighted by atomic mass is 10.1. The summed E-state index contributed by atoms with van der Waals surface area (Å²) in [5, 5.41) is 0. The van der Waals surface area contributed by atoms with Crippen LogP contribution in [0.1, 0.15) is 12.5 Å². The summed E-state index contributed by atoms with van der Waals surface area (Å²) in [7, 11) is 1.67. The van der Waals surface area contributed by atoms with Crippen LogP contribution in [0.5, 0.6) is 5.75 Å². The molecule has 0 saturated heterocycles. The van der Waals surface area contributed by atoms with Gasteiger partial charge in [0.15, 0.2) is 0 Å². The summed E-state index contributed by atoms with van der Waals surface area (Å²) in [6, 6.07) is 5.78. The van der Waals surface area contributed by atoms with Crippen LogP contribution in [0.25, 0.3) is 0 Å². The summed E-state index contributed by atoms with van der Waals surface area (Å²) < 4.78 is 5.17. The van der Waals surface area contributed by atoms with Gasteiger partial charge in [0.05, 0.1) is 7.11 Å². The smallest absolute Gasteiger partial charge is 0.122 e. The molecule has 0 aromatic heterocycles. The van der Waals surface area contributed by atoms with Gasteiger partial charge in [-0.1, -0.05) is 6.92 Å². The lowest BCUT2D eigenvalue weighted by Gasteiger charge is -2.08. The third kappa shape index (κ3) is 1.68. The van der Waals surface area contributed by atoms with E-state index in [4.69, 9.17) is 10.6 Å². The van der Waals surface area contributed by atoms with Gasteiger partial charge < -0.3 is 10.2 Å². The molecule has 66 valence electrons. The number of aryl methyl sites for hydroxylation is 1. The summed E-state index contributed by atoms with van der Waals surface area (Å²) in [4.78, 5) is 0. The highest BCUT2D eigenvalue weighted by Gasteiger charge is 2.00. The fourth-order valence-electron chi connectivity index (χ4n) is 1.14. The van der Waals surface area contributed by atoms with Gasteiger partial charge in [0.25, 0.3) is 0 Å². The van der Waals surface area contributed by atoms with Crippen LogP contribution < -0.4 is 16.0 Å². The number of nitrogens with two attached hydrogens (primary N) is 1. The van der Waals surface area contributed by atoms with Crippen LogP contribution in [-0.4, -0.2) is 7.11 Å². The minimum atomic E-state index is 0.910. The number of nitrogen functional groups attached to an aromatic ring is 1. The number of benzene rings is 1. The number of nitrogens with one attached hydrogen (secondary N) is 1. The number of hydrazine groups is 1. The van der Waals surface area contributed by atoms with Crippen molar-refractivity contribution >= 4 is 5.69 Å². The maximum Gasteiger partial charge on any atom is 0.122 e. The second-order valence-corrected chi connectivity index (χ2v) is 2.52. The van der Waals surface area contributed by atoms with E-state index in [1.54, 1.807) is 7.11 Å². The fourth-order valence-corrected chi connectivity index (χ4v) is 1.14. The van der Waals surface area contributed by atoms with Gasteiger partial charge in [-0.2, -0.15) is 0 Å². The standard InChI is InChI=1S/C9H14N2O/c1-3-7-6-8(11-10)4-5-9(7)12-2/h4-6,11H,3,10H2,1-2H3. The normalized spacial score (nSPS) is 9.58. The molecule has 1 aromatic carbocycles. The van der Waals surface area contributed by atoms with Gasteiger partial charge in [0.1, 0.15) is 5.75 Å². The van der Waals surface area contributed by atoms with E-state index in [0.29, 0.717) is 0 Å². The van der Waals surface area contributed by atoms with Crippen molar-refractivity contribution in [3.63, 3.8) is 0 Å². The average Bonchev–Trinajstić information content (AvgIpc) is 2.16. The molecule has 3 heteroatoms. The van der Waals surface area contributed by atoms with Crippen molar-refractivity contribution in [2.24, 2.45) is 5.84 Å². The molecular formula is C9H14N2O. The van der Waals surface area contributed by atoms with Crippen molar-refractivity contribution in [3.8, 4) is 5.75 Å². The Bertz CT molecular complexity index is 261. The van der Waals surface area contributed by atoms with Crippen LogP contribution in [-0.2, 0) is 6.42 Å². The second kappa shape index (κ2) is 3.97. The van der Waals surface area contributed by atoms with Crippen LogP contribution >= 0.6 is 0 Å². The molecule has 0 aliphatic rings. The maximum atomic E-state index is 5.27. The minimum Gasteiger partial charge on any atom is -0.496 e. The van der Waals surface area contributed by atoms with E-state index < -0.39 is 0 Å². The third-order valence-electron chi connectivity index (χ3n) is 1.83. The van der Waals surface area contributed by atoms with Gasteiger partial charge in [-0.15, -0.1) is 0 Å². The van der Waals surface area contributed by atoms with E-state index in [0.717, 1.165) is 23.4 Å². The first-order valence-electron chi connectivity index (χ1n) is 3.95. The predicted octanol–water partition coefficient (Wildman–Crippen LogP) is 1.54. The topological polar surface area (TPSA) is 47.3 Å². The largest absolute Gasteiger partial charge is 0.496 e. The van der Waals surface area contributed by atoms with Gasteiger partial charge >= 0.3 is 0 Å². The molecule has 0 aliphatic heterocycles. The molecule has 1 rings (SSSR count). The van der Waals surface area contributed by atoms with Crippen molar-refractivity contribution in [2.45, 2.75) is 13.3 Å². The number of hydrogen-bond donors (Lipinski definition) is 2. The first-order chi connectivity index (χ1) is 5.81. The monoisotopic (exact) mass is 166 g/mol. The Morgan fingerprint density at radius 1 is 1.50 bits per heavy atom. The number of methoxy groups -OCH3 is 1. The van der Waals surface area contributed by atoms with Gasteiger partial charge in [-0.05, 0) is 30.2 Å². The highest BCUT2D eigenvalue weighted by molar-refractivity contribution is 5.50. The zero-order valence-electron chi connectivity index (χ0n) is 7.42. The Labute approximate surface area is 72.5 Å². The Balaban J connectivity index is 3.02. The van der Waals surface area contributed by atoms with E-state index in [-0.39, 0.29) is 0 Å². The number of rotatable bonds is 3. The molecule has 0 unspecified atom stereocenters. The van der Waals surface area contributed by atoms with Gasteiger partial charge in [0.2, 0.25) is 0 Å². The van der Waals surface area contributed by atoms with Gasteiger partial charge in [-0.3, -0.25) is 5.84 Å². The van der Waals surface area contributed by atoms with Crippen molar-refractivity contribution in [3.05, 3.63) is 23.8 Å². The molecule has 0 aliphatic carbocycles. The summed E-state index contributed by atoms with van der Waals surface area (Å²) in [6.07, 6.45) is 0.943.